The van der Waals surface area contributed by atoms with Gasteiger partial charge in [0.05, 0.1) is 6.61 Å². The third kappa shape index (κ3) is 19.6. The Kier molecular flexibility index (Phi) is 24.7. The van der Waals surface area contributed by atoms with Crippen molar-refractivity contribution in [3.8, 4) is 0 Å². The first-order valence-corrected chi connectivity index (χ1v) is 23.5. The lowest BCUT2D eigenvalue weighted by Gasteiger charge is -2.34. The van der Waals surface area contributed by atoms with Gasteiger partial charge < -0.3 is 14.9 Å². The van der Waals surface area contributed by atoms with E-state index in [0.29, 0.717) is 35.9 Å². The molecule has 0 atom stereocenters. The van der Waals surface area contributed by atoms with E-state index in [1.54, 1.807) is 0 Å². The Bertz CT molecular complexity index is 1120. The zero-order chi connectivity index (χ0) is 39.5. The summed E-state index contributed by atoms with van der Waals surface area (Å²) in [7, 11) is 0. The maximum atomic E-state index is 13.2. The van der Waals surface area contributed by atoms with Crippen LogP contribution in [0.5, 0.6) is 0 Å². The molecular weight excluding hydrogens is 685 g/mol. The molecule has 0 aromatic rings. The molecular formula is C49H82O6. The Morgan fingerprint density at radius 2 is 0.873 bits per heavy atom. The van der Waals surface area contributed by atoms with Gasteiger partial charge in [0.2, 0.25) is 0 Å². The normalized spacial score (nSPS) is 21.9. The molecule has 0 bridgehead atoms. The molecule has 0 unspecified atom stereocenters. The van der Waals surface area contributed by atoms with Crippen molar-refractivity contribution in [3.63, 3.8) is 0 Å². The minimum absolute atomic E-state index is 0.209. The fourth-order valence-corrected chi connectivity index (χ4v) is 9.99. The summed E-state index contributed by atoms with van der Waals surface area (Å²) in [6, 6.07) is 0. The van der Waals surface area contributed by atoms with Crippen molar-refractivity contribution in [2.24, 2.45) is 23.7 Å². The van der Waals surface area contributed by atoms with E-state index >= 15 is 0 Å². The molecule has 0 aliphatic heterocycles. The molecule has 0 heterocycles. The molecule has 4 aliphatic carbocycles. The zero-order valence-corrected chi connectivity index (χ0v) is 35.4. The van der Waals surface area contributed by atoms with Crippen molar-refractivity contribution in [2.45, 2.75) is 225 Å². The van der Waals surface area contributed by atoms with Gasteiger partial charge in [-0.05, 0) is 82.0 Å². The van der Waals surface area contributed by atoms with Crippen LogP contribution in [0.1, 0.15) is 225 Å². The van der Waals surface area contributed by atoms with Crippen LogP contribution in [-0.4, -0.2) is 34.7 Å². The lowest BCUT2D eigenvalue weighted by Crippen LogP contribution is -2.25. The van der Waals surface area contributed by atoms with Gasteiger partial charge in [0, 0.05) is 16.7 Å². The number of hydrogen-bond acceptors (Lipinski definition) is 4. The van der Waals surface area contributed by atoms with Gasteiger partial charge in [-0.1, -0.05) is 185 Å². The summed E-state index contributed by atoms with van der Waals surface area (Å²) in [5.41, 5.74) is 2.94. The topological polar surface area (TPSA) is 101 Å². The number of carbonyl (C=O) groups excluding carboxylic acids is 1. The molecule has 314 valence electrons. The lowest BCUT2D eigenvalue weighted by atomic mass is 9.71. The smallest absolute Gasteiger partial charge is 0.333 e. The summed E-state index contributed by atoms with van der Waals surface area (Å²) >= 11 is 0. The highest BCUT2D eigenvalue weighted by Crippen LogP contribution is 2.42. The molecule has 4 rings (SSSR count). The van der Waals surface area contributed by atoms with E-state index in [1.165, 1.54) is 211 Å². The predicted octanol–water partition coefficient (Wildman–Crippen LogP) is 14.3. The molecule has 4 fully saturated rings. The third-order valence-electron chi connectivity index (χ3n) is 13.4. The van der Waals surface area contributed by atoms with Crippen molar-refractivity contribution in [3.05, 3.63) is 34.9 Å². The highest BCUT2D eigenvalue weighted by Gasteiger charge is 2.32. The Morgan fingerprint density at radius 3 is 1.25 bits per heavy atom. The number of ether oxygens (including phenoxy) is 1. The standard InChI is InChI=1S/C33H58O2.C16H24O4/c34-33(35)32(30-26-20-14-8-3-9-15-21-27-30)31(28-22-16-10-4-1-5-11-17-23-28)29-24-18-12-6-2-7-13-19-25-29;1-12(15(17)18)8-9-13(2)16(19)20-11-10-14-6-4-3-5-7-14/h28-30H,1-27H2,(H,34,35);8,14H,2-7,9-11H2,1H3,(H,17,18). The van der Waals surface area contributed by atoms with Crippen LogP contribution < -0.4 is 0 Å². The van der Waals surface area contributed by atoms with E-state index in [2.05, 4.69) is 6.58 Å². The van der Waals surface area contributed by atoms with Gasteiger partial charge in [0.1, 0.15) is 0 Å². The van der Waals surface area contributed by atoms with Crippen LogP contribution in [-0.2, 0) is 19.1 Å². The van der Waals surface area contributed by atoms with Gasteiger partial charge in [-0.15, -0.1) is 0 Å². The quantitative estimate of drug-likeness (QED) is 0.160. The number of carboxylic acids is 2. The minimum Gasteiger partial charge on any atom is -0.478 e. The molecule has 0 spiro atoms. The molecule has 55 heavy (non-hydrogen) atoms. The zero-order valence-electron chi connectivity index (χ0n) is 35.4. The molecule has 0 amide bonds. The summed E-state index contributed by atoms with van der Waals surface area (Å²) in [4.78, 5) is 35.5. The summed E-state index contributed by atoms with van der Waals surface area (Å²) in [6.07, 6.45) is 44.2. The van der Waals surface area contributed by atoms with Crippen molar-refractivity contribution in [1.29, 1.82) is 0 Å². The van der Waals surface area contributed by atoms with Crippen LogP contribution in [0.2, 0.25) is 0 Å². The van der Waals surface area contributed by atoms with Crippen LogP contribution in [0.25, 0.3) is 0 Å². The summed E-state index contributed by atoms with van der Waals surface area (Å²) in [5, 5.41) is 19.5. The molecule has 2 N–H and O–H groups in total. The van der Waals surface area contributed by atoms with Crippen molar-refractivity contribution in [2.75, 3.05) is 6.61 Å². The van der Waals surface area contributed by atoms with Crippen LogP contribution in [0.15, 0.2) is 34.9 Å². The molecule has 0 radical (unpaired) electrons. The van der Waals surface area contributed by atoms with Crippen molar-refractivity contribution < 1.29 is 29.3 Å². The molecule has 4 aliphatic rings. The van der Waals surface area contributed by atoms with E-state index < -0.39 is 17.9 Å². The van der Waals surface area contributed by atoms with Gasteiger partial charge in [0.25, 0.3) is 0 Å². The fraction of sp³-hybridized carbons (Fsp3) is 0.816. The maximum absolute atomic E-state index is 13.2. The second-order valence-corrected chi connectivity index (χ2v) is 17.9. The van der Waals surface area contributed by atoms with E-state index in [1.807, 2.05) is 0 Å². The Balaban J connectivity index is 0.000000345. The van der Waals surface area contributed by atoms with Crippen molar-refractivity contribution >= 4 is 17.9 Å². The molecule has 0 aromatic heterocycles. The Hall–Kier alpha value is -2.37. The number of rotatable bonds is 11. The van der Waals surface area contributed by atoms with E-state index in [0.717, 1.165) is 24.8 Å². The van der Waals surface area contributed by atoms with Gasteiger partial charge in [-0.2, -0.15) is 0 Å². The monoisotopic (exact) mass is 767 g/mol. The molecule has 0 saturated heterocycles. The highest BCUT2D eigenvalue weighted by molar-refractivity contribution is 5.89. The predicted molar refractivity (Wildman–Crippen MR) is 227 cm³/mol. The second kappa shape index (κ2) is 28.9. The first-order valence-electron chi connectivity index (χ1n) is 23.5. The van der Waals surface area contributed by atoms with E-state index in [-0.39, 0.29) is 12.0 Å². The highest BCUT2D eigenvalue weighted by atomic mass is 16.5. The maximum Gasteiger partial charge on any atom is 0.333 e. The van der Waals surface area contributed by atoms with Crippen LogP contribution in [0.3, 0.4) is 0 Å². The lowest BCUT2D eigenvalue weighted by molar-refractivity contribution is -0.139. The Labute approximate surface area is 336 Å². The molecule has 0 aromatic carbocycles. The molecule has 4 saturated carbocycles. The number of allylic oxidation sites excluding steroid dienone is 2. The van der Waals surface area contributed by atoms with Crippen LogP contribution >= 0.6 is 0 Å². The minimum atomic E-state index is -0.983. The first-order chi connectivity index (χ1) is 26.8. The largest absolute Gasteiger partial charge is 0.478 e. The molecule has 6 heteroatoms. The van der Waals surface area contributed by atoms with Crippen molar-refractivity contribution in [1.82, 2.24) is 0 Å². The van der Waals surface area contributed by atoms with Gasteiger partial charge in [-0.3, -0.25) is 0 Å². The fourth-order valence-electron chi connectivity index (χ4n) is 9.99. The van der Waals surface area contributed by atoms with E-state index in [4.69, 9.17) is 9.84 Å². The number of carboxylic acid groups (broad SMARTS) is 2. The number of hydrogen-bond donors (Lipinski definition) is 2. The third-order valence-corrected chi connectivity index (χ3v) is 13.4. The number of aliphatic carboxylic acids is 2. The van der Waals surface area contributed by atoms with Gasteiger partial charge in [0.15, 0.2) is 0 Å². The number of esters is 1. The van der Waals surface area contributed by atoms with Crippen LogP contribution in [0.4, 0.5) is 0 Å². The average Bonchev–Trinajstić information content (AvgIpc) is 3.19. The second-order valence-electron chi connectivity index (χ2n) is 17.9. The average molecular weight is 767 g/mol. The van der Waals surface area contributed by atoms with E-state index in [9.17, 15) is 19.5 Å². The summed E-state index contributed by atoms with van der Waals surface area (Å²) in [6.45, 7) is 5.56. The molecule has 6 nitrogen and oxygen atoms in total. The number of carbonyl (C=O) groups is 3. The SMILES string of the molecule is C=C(CC=C(C)C(=O)O)C(=O)OCCC1CCCCC1.O=C(O)C(=C(C1CCCCCCCCC1)C1CCCCCCCCC1)C1CCCCCCCCC1. The van der Waals surface area contributed by atoms with Gasteiger partial charge in [-0.25, -0.2) is 14.4 Å². The summed E-state index contributed by atoms with van der Waals surface area (Å²) in [5.74, 6) is 0.0884. The van der Waals surface area contributed by atoms with Gasteiger partial charge >= 0.3 is 17.9 Å². The summed E-state index contributed by atoms with van der Waals surface area (Å²) < 4.78 is 5.18. The first kappa shape index (κ1) is 47.0. The Morgan fingerprint density at radius 1 is 0.527 bits per heavy atom. The van der Waals surface area contributed by atoms with Crippen LogP contribution in [0, 0.1) is 23.7 Å².